The van der Waals surface area contributed by atoms with Crippen molar-refractivity contribution in [3.8, 4) is 11.5 Å². The highest BCUT2D eigenvalue weighted by Crippen LogP contribution is 2.43. The number of methoxy groups -OCH3 is 2. The van der Waals surface area contributed by atoms with Crippen molar-refractivity contribution in [2.75, 3.05) is 19.1 Å². The Hall–Kier alpha value is -4.01. The molecule has 154 valence electrons. The second-order valence-electron chi connectivity index (χ2n) is 6.56. The van der Waals surface area contributed by atoms with Gasteiger partial charge in [-0.25, -0.2) is 0 Å². The number of carbonyl (C=O) groups excluding carboxylic acids is 2. The minimum Gasteiger partial charge on any atom is -0.503 e. The average Bonchev–Trinajstić information content (AvgIpc) is 3.48. The Labute approximate surface area is 171 Å². The third-order valence-electron chi connectivity index (χ3n) is 4.78. The summed E-state index contributed by atoms with van der Waals surface area (Å²) in [5.41, 5.74) is 0.364. The van der Waals surface area contributed by atoms with Gasteiger partial charge in [0.2, 0.25) is 5.78 Å². The number of carbonyl (C=O) groups is 2. The molecule has 9 nitrogen and oxygen atoms in total. The van der Waals surface area contributed by atoms with Crippen LogP contribution in [-0.2, 0) is 4.79 Å². The predicted molar refractivity (Wildman–Crippen MR) is 104 cm³/mol. The number of anilines is 1. The summed E-state index contributed by atoms with van der Waals surface area (Å²) in [7, 11) is 2.97. The van der Waals surface area contributed by atoms with Gasteiger partial charge in [0.05, 0.1) is 32.1 Å². The fourth-order valence-corrected chi connectivity index (χ4v) is 3.42. The van der Waals surface area contributed by atoms with Gasteiger partial charge in [0.1, 0.15) is 5.76 Å². The number of rotatable bonds is 6. The summed E-state index contributed by atoms with van der Waals surface area (Å²) in [6, 6.07) is 8.51. The molecule has 1 aliphatic rings. The van der Waals surface area contributed by atoms with Gasteiger partial charge in [-0.3, -0.25) is 14.5 Å². The first kappa shape index (κ1) is 19.3. The Morgan fingerprint density at radius 1 is 1.17 bits per heavy atom. The van der Waals surface area contributed by atoms with Crippen LogP contribution in [0.2, 0.25) is 0 Å². The van der Waals surface area contributed by atoms with Crippen molar-refractivity contribution < 1.29 is 33.1 Å². The Morgan fingerprint density at radius 2 is 1.93 bits per heavy atom. The van der Waals surface area contributed by atoms with E-state index in [1.54, 1.807) is 37.3 Å². The highest BCUT2D eigenvalue weighted by molar-refractivity contribution is 6.19. The molecule has 0 fully saturated rings. The van der Waals surface area contributed by atoms with E-state index in [0.29, 0.717) is 22.8 Å². The van der Waals surface area contributed by atoms with E-state index >= 15 is 0 Å². The lowest BCUT2D eigenvalue weighted by atomic mass is 9.94. The number of furan rings is 1. The van der Waals surface area contributed by atoms with Crippen LogP contribution in [0.5, 0.6) is 11.5 Å². The van der Waals surface area contributed by atoms with Crippen molar-refractivity contribution in [2.45, 2.75) is 13.0 Å². The number of amides is 1. The van der Waals surface area contributed by atoms with Crippen LogP contribution in [0.4, 0.5) is 5.82 Å². The molecule has 1 aliphatic heterocycles. The van der Waals surface area contributed by atoms with Gasteiger partial charge < -0.3 is 23.5 Å². The number of aliphatic hydroxyl groups excluding tert-OH is 1. The lowest BCUT2D eigenvalue weighted by molar-refractivity contribution is -0.117. The number of ether oxygens (including phenoxy) is 2. The van der Waals surface area contributed by atoms with Crippen LogP contribution in [-0.4, -0.2) is 36.2 Å². The van der Waals surface area contributed by atoms with E-state index in [4.69, 9.17) is 18.4 Å². The maximum atomic E-state index is 13.1. The zero-order valence-electron chi connectivity index (χ0n) is 16.4. The molecule has 0 aliphatic carbocycles. The third-order valence-corrected chi connectivity index (χ3v) is 4.78. The molecule has 0 spiro atoms. The van der Waals surface area contributed by atoms with Gasteiger partial charge >= 0.3 is 0 Å². The Balaban J connectivity index is 1.90. The number of ketones is 1. The molecule has 1 atom stereocenters. The van der Waals surface area contributed by atoms with Crippen LogP contribution >= 0.6 is 0 Å². The van der Waals surface area contributed by atoms with E-state index in [-0.39, 0.29) is 17.2 Å². The summed E-state index contributed by atoms with van der Waals surface area (Å²) in [6.07, 6.45) is 1.34. The SMILES string of the molecule is COc1ccc([C@@H]2C(C(=O)c3ccco3)=C(O)C(=O)N2c2cc(C)on2)cc1OC. The van der Waals surface area contributed by atoms with E-state index in [9.17, 15) is 14.7 Å². The largest absolute Gasteiger partial charge is 0.503 e. The normalized spacial score (nSPS) is 16.3. The molecular weight excluding hydrogens is 392 g/mol. The van der Waals surface area contributed by atoms with E-state index < -0.39 is 23.5 Å². The van der Waals surface area contributed by atoms with E-state index in [2.05, 4.69) is 5.16 Å². The zero-order valence-corrected chi connectivity index (χ0v) is 16.4. The van der Waals surface area contributed by atoms with Crippen molar-refractivity contribution in [3.05, 3.63) is 71.1 Å². The molecule has 2 aromatic heterocycles. The monoisotopic (exact) mass is 410 g/mol. The summed E-state index contributed by atoms with van der Waals surface area (Å²) < 4.78 is 20.9. The highest BCUT2D eigenvalue weighted by Gasteiger charge is 2.46. The highest BCUT2D eigenvalue weighted by atomic mass is 16.5. The number of nitrogens with zero attached hydrogens (tertiary/aromatic N) is 2. The minimum atomic E-state index is -0.987. The fraction of sp³-hybridized carbons (Fsp3) is 0.190. The summed E-state index contributed by atoms with van der Waals surface area (Å²) >= 11 is 0. The number of hydrogen-bond donors (Lipinski definition) is 1. The van der Waals surface area contributed by atoms with Crippen LogP contribution in [0.25, 0.3) is 0 Å². The number of aromatic nitrogens is 1. The molecule has 1 amide bonds. The molecule has 9 heteroatoms. The van der Waals surface area contributed by atoms with Crippen LogP contribution in [0.3, 0.4) is 0 Å². The number of hydrogen-bond acceptors (Lipinski definition) is 8. The van der Waals surface area contributed by atoms with Gasteiger partial charge in [0.25, 0.3) is 5.91 Å². The molecule has 3 heterocycles. The second kappa shape index (κ2) is 7.43. The summed E-state index contributed by atoms with van der Waals surface area (Å²) in [4.78, 5) is 27.3. The fourth-order valence-electron chi connectivity index (χ4n) is 3.42. The van der Waals surface area contributed by atoms with Gasteiger partial charge in [-0.1, -0.05) is 11.2 Å². The Morgan fingerprint density at radius 3 is 2.53 bits per heavy atom. The van der Waals surface area contributed by atoms with Crippen LogP contribution in [0.1, 0.15) is 27.9 Å². The van der Waals surface area contributed by atoms with E-state index in [1.165, 1.54) is 31.4 Å². The first-order chi connectivity index (χ1) is 14.5. The van der Waals surface area contributed by atoms with Crippen molar-refractivity contribution >= 4 is 17.5 Å². The number of aryl methyl sites for hydroxylation is 1. The smallest absolute Gasteiger partial charge is 0.295 e. The molecule has 0 unspecified atom stereocenters. The Bertz CT molecular complexity index is 1140. The number of benzene rings is 1. The van der Waals surface area contributed by atoms with Gasteiger partial charge in [0.15, 0.2) is 28.8 Å². The molecule has 30 heavy (non-hydrogen) atoms. The molecule has 0 bridgehead atoms. The molecule has 1 N–H and O–H groups in total. The molecular formula is C21H18N2O7. The first-order valence-corrected chi connectivity index (χ1v) is 8.96. The van der Waals surface area contributed by atoms with E-state index in [1.807, 2.05) is 0 Å². The van der Waals surface area contributed by atoms with Crippen molar-refractivity contribution in [1.82, 2.24) is 5.16 Å². The summed E-state index contributed by atoms with van der Waals surface area (Å²) in [5, 5.41) is 14.5. The maximum absolute atomic E-state index is 13.1. The summed E-state index contributed by atoms with van der Waals surface area (Å²) in [6.45, 7) is 1.67. The quantitative estimate of drug-likeness (QED) is 0.615. The predicted octanol–water partition coefficient (Wildman–Crippen LogP) is 3.38. The Kier molecular flexibility index (Phi) is 4.78. The molecule has 0 radical (unpaired) electrons. The third kappa shape index (κ3) is 3.00. The van der Waals surface area contributed by atoms with Crippen molar-refractivity contribution in [2.24, 2.45) is 0 Å². The standard InChI is InChI=1S/C21H18N2O7/c1-11-9-16(22-30-11)23-18(12-6-7-13(27-2)15(10-12)28-3)17(20(25)21(23)26)19(24)14-5-4-8-29-14/h4-10,18,25H,1-3H3/t18-/m1/s1. The summed E-state index contributed by atoms with van der Waals surface area (Å²) in [5.74, 6) is -0.590. The number of aliphatic hydroxyl groups is 1. The molecule has 3 aromatic rings. The molecule has 0 saturated carbocycles. The second-order valence-corrected chi connectivity index (χ2v) is 6.56. The average molecular weight is 410 g/mol. The molecule has 0 saturated heterocycles. The lowest BCUT2D eigenvalue weighted by Gasteiger charge is -2.24. The van der Waals surface area contributed by atoms with Crippen LogP contribution in [0.15, 0.2) is 62.9 Å². The van der Waals surface area contributed by atoms with Gasteiger partial charge in [-0.2, -0.15) is 0 Å². The van der Waals surface area contributed by atoms with Crippen molar-refractivity contribution in [1.29, 1.82) is 0 Å². The van der Waals surface area contributed by atoms with Crippen LogP contribution in [0, 0.1) is 6.92 Å². The molecule has 4 rings (SSSR count). The maximum Gasteiger partial charge on any atom is 0.295 e. The van der Waals surface area contributed by atoms with Gasteiger partial charge in [0, 0.05) is 6.07 Å². The zero-order chi connectivity index (χ0) is 21.4. The van der Waals surface area contributed by atoms with Crippen molar-refractivity contribution in [3.63, 3.8) is 0 Å². The lowest BCUT2D eigenvalue weighted by Crippen LogP contribution is -2.31. The van der Waals surface area contributed by atoms with Gasteiger partial charge in [-0.05, 0) is 36.8 Å². The van der Waals surface area contributed by atoms with E-state index in [0.717, 1.165) is 0 Å². The topological polar surface area (TPSA) is 115 Å². The number of Topliss-reactive ketones (excluding diaryl/α,β-unsaturated/α-hetero) is 1. The minimum absolute atomic E-state index is 0.00647. The molecule has 1 aromatic carbocycles. The first-order valence-electron chi connectivity index (χ1n) is 8.96. The van der Waals surface area contributed by atoms with Crippen LogP contribution < -0.4 is 14.4 Å². The van der Waals surface area contributed by atoms with Gasteiger partial charge in [-0.15, -0.1) is 0 Å².